The van der Waals surface area contributed by atoms with E-state index in [1.165, 1.54) is 33.4 Å². The van der Waals surface area contributed by atoms with Gasteiger partial charge in [0.25, 0.3) is 0 Å². The van der Waals surface area contributed by atoms with Crippen LogP contribution in [-0.2, 0) is 0 Å². The second-order valence-electron chi connectivity index (χ2n) is 15.2. The van der Waals surface area contributed by atoms with Crippen molar-refractivity contribution in [1.29, 1.82) is 0 Å². The fourth-order valence-electron chi connectivity index (χ4n) is 9.08. The van der Waals surface area contributed by atoms with Gasteiger partial charge in [0.05, 0.1) is 11.4 Å². The Bertz CT molecular complexity index is 3180. The molecular weight excluding hydrogens is 723 g/mol. The monoisotopic (exact) mass is 755 g/mol. The Morgan fingerprint density at radius 2 is 0.763 bits per heavy atom. The normalized spacial score (nSPS) is 14.8. The molecule has 0 saturated carbocycles. The number of aromatic nitrogens is 5. The van der Waals surface area contributed by atoms with Crippen LogP contribution >= 0.6 is 0 Å². The maximum Gasteiger partial charge on any atom is 0.164 e. The van der Waals surface area contributed by atoms with Gasteiger partial charge in [-0.25, -0.2) is 24.9 Å². The summed E-state index contributed by atoms with van der Waals surface area (Å²) in [5, 5.41) is 1.02. The molecule has 6 nitrogen and oxygen atoms in total. The predicted molar refractivity (Wildman–Crippen MR) is 233 cm³/mol. The van der Waals surface area contributed by atoms with Crippen molar-refractivity contribution in [2.45, 2.75) is 11.8 Å². The highest BCUT2D eigenvalue weighted by Gasteiger charge is 2.41. The molecule has 3 aliphatic rings. The fourth-order valence-corrected chi connectivity index (χ4v) is 9.08. The van der Waals surface area contributed by atoms with Crippen LogP contribution in [-0.4, -0.2) is 24.9 Å². The largest absolute Gasteiger partial charge is 0.464 e. The predicted octanol–water partition coefficient (Wildman–Crippen LogP) is 12.4. The summed E-state index contributed by atoms with van der Waals surface area (Å²) in [6.07, 6.45) is 1.81. The van der Waals surface area contributed by atoms with Crippen molar-refractivity contribution in [2.24, 2.45) is 0 Å². The first-order chi connectivity index (χ1) is 29.2. The van der Waals surface area contributed by atoms with Crippen LogP contribution in [0.25, 0.3) is 79.0 Å². The van der Waals surface area contributed by atoms with E-state index in [9.17, 15) is 0 Å². The van der Waals surface area contributed by atoms with Crippen LogP contribution in [0.2, 0.25) is 0 Å². The number of rotatable bonds is 6. The van der Waals surface area contributed by atoms with E-state index in [0.29, 0.717) is 23.3 Å². The standard InChI is InChI=1S/C53H33N5O/c1-4-14-32(15-5-1)50-54-45(30-46(55-50)44-31-59-47-23-13-12-20-37(44)47)35-24-26-40-42(28-35)48-38-21-10-11-22-39(38)49(40)43-29-36(25-27-41(43)48)53-57-51(33-16-6-2-7-17-33)56-52(58-53)34-18-8-3-9-19-34/h1-31,48-49H. The quantitative estimate of drug-likeness (QED) is 0.168. The summed E-state index contributed by atoms with van der Waals surface area (Å²) < 4.78 is 5.99. The Hall–Kier alpha value is -7.83. The second-order valence-corrected chi connectivity index (χ2v) is 15.2. The zero-order chi connectivity index (χ0) is 38.9. The average molecular weight is 756 g/mol. The van der Waals surface area contributed by atoms with E-state index >= 15 is 0 Å². The van der Waals surface area contributed by atoms with Gasteiger partial charge >= 0.3 is 0 Å². The lowest BCUT2D eigenvalue weighted by Crippen LogP contribution is -2.27. The zero-order valence-electron chi connectivity index (χ0n) is 31.7. The van der Waals surface area contributed by atoms with Crippen molar-refractivity contribution in [1.82, 2.24) is 24.9 Å². The number of furan rings is 1. The third-order valence-electron chi connectivity index (χ3n) is 11.8. The third-order valence-corrected chi connectivity index (χ3v) is 11.8. The Morgan fingerprint density at radius 3 is 1.36 bits per heavy atom. The van der Waals surface area contributed by atoms with Gasteiger partial charge in [-0.1, -0.05) is 158 Å². The molecule has 7 aromatic carbocycles. The van der Waals surface area contributed by atoms with Gasteiger partial charge in [0.15, 0.2) is 23.3 Å². The van der Waals surface area contributed by atoms with Gasteiger partial charge in [-0.05, 0) is 57.6 Å². The summed E-state index contributed by atoms with van der Waals surface area (Å²) in [5.74, 6) is 2.75. The van der Waals surface area contributed by atoms with E-state index < -0.39 is 0 Å². The number of hydrogen-bond donors (Lipinski definition) is 0. The van der Waals surface area contributed by atoms with Crippen LogP contribution in [0.5, 0.6) is 0 Å². The summed E-state index contributed by atoms with van der Waals surface area (Å²) >= 11 is 0. The van der Waals surface area contributed by atoms with E-state index in [1.54, 1.807) is 6.26 Å². The molecule has 0 fully saturated rings. The molecule has 0 N–H and O–H groups in total. The number of para-hydroxylation sites is 1. The Labute approximate surface area is 340 Å². The van der Waals surface area contributed by atoms with Crippen molar-refractivity contribution in [3.8, 4) is 68.1 Å². The Balaban J connectivity index is 0.996. The molecule has 0 saturated heterocycles. The van der Waals surface area contributed by atoms with E-state index in [-0.39, 0.29) is 11.8 Å². The van der Waals surface area contributed by atoms with E-state index in [0.717, 1.165) is 55.7 Å². The molecule has 2 bridgehead atoms. The molecule has 3 aromatic heterocycles. The molecule has 6 heteroatoms. The molecular formula is C53H33N5O. The van der Waals surface area contributed by atoms with Crippen molar-refractivity contribution in [2.75, 3.05) is 0 Å². The van der Waals surface area contributed by atoms with Crippen LogP contribution in [0.1, 0.15) is 45.2 Å². The van der Waals surface area contributed by atoms with Gasteiger partial charge in [0.2, 0.25) is 0 Å². The molecule has 2 atom stereocenters. The van der Waals surface area contributed by atoms with E-state index in [1.807, 2.05) is 97.1 Å². The van der Waals surface area contributed by atoms with E-state index in [2.05, 4.69) is 84.9 Å². The molecule has 10 aromatic rings. The van der Waals surface area contributed by atoms with Crippen LogP contribution in [0, 0.1) is 0 Å². The van der Waals surface area contributed by atoms with Gasteiger partial charge in [-0.3, -0.25) is 0 Å². The van der Waals surface area contributed by atoms with Crippen molar-refractivity contribution in [3.63, 3.8) is 0 Å². The molecule has 2 unspecified atom stereocenters. The fraction of sp³-hybridized carbons (Fsp3) is 0.0377. The van der Waals surface area contributed by atoms with Gasteiger partial charge in [0.1, 0.15) is 11.8 Å². The second kappa shape index (κ2) is 13.4. The SMILES string of the molecule is c1ccc(-c2nc(-c3ccc4c(c3)C3c5ccccc5C4c4cc(-c5nc(-c6ccccc6)nc(-c6ccccc6)n5)ccc43)cc(-c3coc4ccccc34)n2)cc1. The minimum Gasteiger partial charge on any atom is -0.464 e. The lowest BCUT2D eigenvalue weighted by Gasteiger charge is -2.42. The van der Waals surface area contributed by atoms with Crippen LogP contribution in [0.3, 0.4) is 0 Å². The smallest absolute Gasteiger partial charge is 0.164 e. The first-order valence-electron chi connectivity index (χ1n) is 19.9. The average Bonchev–Trinajstić information content (AvgIpc) is 3.76. The molecule has 0 amide bonds. The molecule has 276 valence electrons. The molecule has 0 aliphatic heterocycles. The maximum atomic E-state index is 5.99. The first-order valence-corrected chi connectivity index (χ1v) is 19.9. The summed E-state index contributed by atoms with van der Waals surface area (Å²) in [7, 11) is 0. The number of fused-ring (bicyclic) bond motifs is 1. The Morgan fingerprint density at radius 1 is 0.322 bits per heavy atom. The Kier molecular flexibility index (Phi) is 7.56. The topological polar surface area (TPSA) is 77.6 Å². The van der Waals surface area contributed by atoms with Crippen molar-refractivity contribution < 1.29 is 4.42 Å². The summed E-state index contributed by atoms with van der Waals surface area (Å²) in [6, 6.07) is 63.3. The molecule has 13 rings (SSSR count). The third kappa shape index (κ3) is 5.52. The van der Waals surface area contributed by atoms with Crippen LogP contribution in [0.15, 0.2) is 193 Å². The minimum absolute atomic E-state index is 0.0531. The first kappa shape index (κ1) is 33.3. The van der Waals surface area contributed by atoms with Crippen molar-refractivity contribution >= 4 is 11.0 Å². The molecule has 59 heavy (non-hydrogen) atoms. The number of benzene rings is 7. The molecule has 0 spiro atoms. The van der Waals surface area contributed by atoms with E-state index in [4.69, 9.17) is 29.3 Å². The minimum atomic E-state index is 0.0531. The zero-order valence-corrected chi connectivity index (χ0v) is 31.7. The van der Waals surface area contributed by atoms with Crippen LogP contribution in [0.4, 0.5) is 0 Å². The van der Waals surface area contributed by atoms with Crippen LogP contribution < -0.4 is 0 Å². The summed E-state index contributed by atoms with van der Waals surface area (Å²) in [4.78, 5) is 25.4. The molecule has 0 radical (unpaired) electrons. The summed E-state index contributed by atoms with van der Waals surface area (Å²) in [6.45, 7) is 0. The lowest BCUT2D eigenvalue weighted by atomic mass is 9.60. The molecule has 3 aliphatic carbocycles. The molecule has 3 heterocycles. The lowest BCUT2D eigenvalue weighted by molar-refractivity contribution is 0.617. The maximum absolute atomic E-state index is 5.99. The van der Waals surface area contributed by atoms with Gasteiger partial charge in [0, 0.05) is 50.6 Å². The highest BCUT2D eigenvalue weighted by atomic mass is 16.3. The van der Waals surface area contributed by atoms with Crippen molar-refractivity contribution in [3.05, 3.63) is 222 Å². The number of hydrogen-bond acceptors (Lipinski definition) is 6. The van der Waals surface area contributed by atoms with Gasteiger partial charge in [-0.15, -0.1) is 0 Å². The number of nitrogens with zero attached hydrogens (tertiary/aromatic N) is 5. The highest BCUT2D eigenvalue weighted by Crippen LogP contribution is 2.56. The van der Waals surface area contributed by atoms with Gasteiger partial charge in [-0.2, -0.15) is 0 Å². The van der Waals surface area contributed by atoms with Gasteiger partial charge < -0.3 is 4.42 Å². The highest BCUT2D eigenvalue weighted by molar-refractivity contribution is 5.94. The summed E-state index contributed by atoms with van der Waals surface area (Å²) in [5.41, 5.74) is 16.3.